The second kappa shape index (κ2) is 6.21. The Hall–Kier alpha value is -2.06. The average molecular weight is 349 g/mol. The van der Waals surface area contributed by atoms with E-state index in [1.54, 1.807) is 22.2 Å². The van der Waals surface area contributed by atoms with Crippen molar-refractivity contribution in [3.63, 3.8) is 0 Å². The number of thiazole rings is 1. The molecule has 8 heteroatoms. The van der Waals surface area contributed by atoms with Crippen molar-refractivity contribution in [3.8, 4) is 0 Å². The van der Waals surface area contributed by atoms with Crippen LogP contribution in [0.15, 0.2) is 16.5 Å². The summed E-state index contributed by atoms with van der Waals surface area (Å²) in [4.78, 5) is 33.9. The normalized spacial score (nSPS) is 11.2. The van der Waals surface area contributed by atoms with E-state index in [2.05, 4.69) is 9.97 Å². The van der Waals surface area contributed by atoms with E-state index in [9.17, 15) is 9.59 Å². The number of thiophene rings is 1. The van der Waals surface area contributed by atoms with Crippen LogP contribution in [0.1, 0.15) is 32.9 Å². The summed E-state index contributed by atoms with van der Waals surface area (Å²) in [5.41, 5.74) is 1.08. The summed E-state index contributed by atoms with van der Waals surface area (Å²) >= 11 is 2.84. The van der Waals surface area contributed by atoms with Gasteiger partial charge in [-0.1, -0.05) is 6.92 Å². The van der Waals surface area contributed by atoms with Crippen LogP contribution in [0.3, 0.4) is 0 Å². The Morgan fingerprint density at radius 2 is 2.22 bits per heavy atom. The monoisotopic (exact) mass is 349 g/mol. The third-order valence-electron chi connectivity index (χ3n) is 3.67. The first-order valence-electron chi connectivity index (χ1n) is 7.16. The molecule has 0 unspecified atom stereocenters. The van der Waals surface area contributed by atoms with Crippen molar-refractivity contribution >= 4 is 38.9 Å². The summed E-state index contributed by atoms with van der Waals surface area (Å²) in [5.74, 6) is -1.03. The summed E-state index contributed by atoms with van der Waals surface area (Å²) < 4.78 is 1.58. The summed E-state index contributed by atoms with van der Waals surface area (Å²) in [6.07, 6.45) is 2.88. The smallest absolute Gasteiger partial charge is 0.355 e. The number of nitrogens with zero attached hydrogens (tertiary/aromatic N) is 3. The molecule has 0 aliphatic carbocycles. The largest absolute Gasteiger partial charge is 0.476 e. The number of fused-ring (bicyclic) bond motifs is 1. The molecule has 0 saturated carbocycles. The van der Waals surface area contributed by atoms with Gasteiger partial charge in [-0.3, -0.25) is 9.36 Å². The van der Waals surface area contributed by atoms with Gasteiger partial charge in [-0.2, -0.15) is 0 Å². The number of aryl methyl sites for hydroxylation is 4. The fraction of sp³-hybridized carbons (Fsp3) is 0.333. The maximum atomic E-state index is 12.7. The summed E-state index contributed by atoms with van der Waals surface area (Å²) in [5, 5.41) is 11.8. The van der Waals surface area contributed by atoms with Crippen LogP contribution >= 0.6 is 22.7 Å². The van der Waals surface area contributed by atoms with E-state index in [0.29, 0.717) is 23.4 Å². The van der Waals surface area contributed by atoms with E-state index in [1.807, 2.05) is 13.8 Å². The summed E-state index contributed by atoms with van der Waals surface area (Å²) in [6, 6.07) is 0. The number of aromatic carboxylic acids is 1. The lowest BCUT2D eigenvalue weighted by Crippen LogP contribution is -2.21. The first-order chi connectivity index (χ1) is 11.0. The first-order valence-corrected chi connectivity index (χ1v) is 8.86. The fourth-order valence-corrected chi connectivity index (χ4v) is 4.35. The molecule has 0 aromatic carbocycles. The molecule has 6 nitrogen and oxygen atoms in total. The van der Waals surface area contributed by atoms with Crippen LogP contribution in [-0.4, -0.2) is 25.6 Å². The molecule has 0 aliphatic rings. The Balaban J connectivity index is 1.89. The highest BCUT2D eigenvalue weighted by molar-refractivity contribution is 7.18. The van der Waals surface area contributed by atoms with Gasteiger partial charge in [0.2, 0.25) is 0 Å². The molecule has 0 aliphatic heterocycles. The number of carbonyl (C=O) groups is 1. The highest BCUT2D eigenvalue weighted by Gasteiger charge is 2.14. The molecule has 3 heterocycles. The molecule has 0 fully saturated rings. The minimum absolute atomic E-state index is 0.0359. The third kappa shape index (κ3) is 2.91. The second-order valence-electron chi connectivity index (χ2n) is 5.10. The van der Waals surface area contributed by atoms with Crippen molar-refractivity contribution in [1.82, 2.24) is 14.5 Å². The van der Waals surface area contributed by atoms with Crippen molar-refractivity contribution in [2.75, 3.05) is 0 Å². The molecule has 3 rings (SSSR count). The second-order valence-corrected chi connectivity index (χ2v) is 7.24. The van der Waals surface area contributed by atoms with Crippen molar-refractivity contribution in [1.29, 1.82) is 0 Å². The number of aromatic nitrogens is 3. The van der Waals surface area contributed by atoms with E-state index in [0.717, 1.165) is 21.7 Å². The summed E-state index contributed by atoms with van der Waals surface area (Å²) in [7, 11) is 0. The molecular weight excluding hydrogens is 334 g/mol. The Kier molecular flexibility index (Phi) is 4.27. The van der Waals surface area contributed by atoms with Crippen LogP contribution in [0, 0.1) is 6.92 Å². The molecule has 0 saturated heterocycles. The van der Waals surface area contributed by atoms with Gasteiger partial charge in [-0.25, -0.2) is 14.8 Å². The Bertz CT molecular complexity index is 939. The van der Waals surface area contributed by atoms with Gasteiger partial charge in [0.05, 0.1) is 16.7 Å². The molecule has 1 N–H and O–H groups in total. The van der Waals surface area contributed by atoms with Gasteiger partial charge in [0.1, 0.15) is 4.83 Å². The Labute approximate surface area is 140 Å². The molecule has 0 amide bonds. The minimum atomic E-state index is -1.03. The molecule has 0 atom stereocenters. The number of carboxylic acids is 1. The van der Waals surface area contributed by atoms with Gasteiger partial charge in [-0.15, -0.1) is 22.7 Å². The van der Waals surface area contributed by atoms with Crippen LogP contribution < -0.4 is 5.56 Å². The number of hydrogen-bond donors (Lipinski definition) is 1. The standard InChI is InChI=1S/C15H15N3O3S2/c1-3-9-8(2)23-13-12(9)14(19)18(7-16-13)5-4-11-17-10(6-22-11)15(20)21/h6-7H,3-5H2,1-2H3,(H,20,21). The molecule has 0 spiro atoms. The van der Waals surface area contributed by atoms with Gasteiger partial charge in [0.25, 0.3) is 5.56 Å². The molecule has 23 heavy (non-hydrogen) atoms. The zero-order valence-corrected chi connectivity index (χ0v) is 14.3. The maximum Gasteiger partial charge on any atom is 0.355 e. The van der Waals surface area contributed by atoms with E-state index < -0.39 is 5.97 Å². The predicted octanol–water partition coefficient (Wildman–Crippen LogP) is 2.73. The Morgan fingerprint density at radius 1 is 1.43 bits per heavy atom. The average Bonchev–Trinajstić information content (AvgIpc) is 3.10. The number of hydrogen-bond acceptors (Lipinski definition) is 6. The van der Waals surface area contributed by atoms with Crippen LogP contribution in [0.2, 0.25) is 0 Å². The first kappa shape index (κ1) is 15.8. The van der Waals surface area contributed by atoms with Gasteiger partial charge in [-0.05, 0) is 18.9 Å². The van der Waals surface area contributed by atoms with Gasteiger partial charge >= 0.3 is 5.97 Å². The molecule has 3 aromatic heterocycles. The maximum absolute atomic E-state index is 12.7. The van der Waals surface area contributed by atoms with Gasteiger partial charge in [0, 0.05) is 23.2 Å². The van der Waals surface area contributed by atoms with E-state index >= 15 is 0 Å². The van der Waals surface area contributed by atoms with Gasteiger partial charge < -0.3 is 5.11 Å². The number of rotatable bonds is 5. The predicted molar refractivity (Wildman–Crippen MR) is 90.8 cm³/mol. The molecule has 0 bridgehead atoms. The van der Waals surface area contributed by atoms with Crippen molar-refractivity contribution in [2.45, 2.75) is 33.2 Å². The van der Waals surface area contributed by atoms with Crippen molar-refractivity contribution in [2.24, 2.45) is 0 Å². The third-order valence-corrected chi connectivity index (χ3v) is 5.63. The van der Waals surface area contributed by atoms with Crippen molar-refractivity contribution < 1.29 is 9.90 Å². The SMILES string of the molecule is CCc1c(C)sc2ncn(CCc3nc(C(=O)O)cs3)c(=O)c12. The molecule has 0 radical (unpaired) electrons. The van der Waals surface area contributed by atoms with E-state index in [-0.39, 0.29) is 11.3 Å². The zero-order chi connectivity index (χ0) is 16.6. The lowest BCUT2D eigenvalue weighted by molar-refractivity contribution is 0.0691. The summed E-state index contributed by atoms with van der Waals surface area (Å²) in [6.45, 7) is 4.48. The Morgan fingerprint density at radius 3 is 2.87 bits per heavy atom. The lowest BCUT2D eigenvalue weighted by atomic mass is 10.1. The number of carboxylic acid groups (broad SMARTS) is 1. The molecule has 3 aromatic rings. The molecular formula is C15H15N3O3S2. The quantitative estimate of drug-likeness (QED) is 0.765. The van der Waals surface area contributed by atoms with Crippen LogP contribution in [0.25, 0.3) is 10.2 Å². The van der Waals surface area contributed by atoms with Crippen LogP contribution in [0.4, 0.5) is 0 Å². The van der Waals surface area contributed by atoms with Crippen LogP contribution in [0.5, 0.6) is 0 Å². The highest BCUT2D eigenvalue weighted by Crippen LogP contribution is 2.26. The lowest BCUT2D eigenvalue weighted by Gasteiger charge is -2.04. The van der Waals surface area contributed by atoms with E-state index in [1.165, 1.54) is 16.7 Å². The van der Waals surface area contributed by atoms with E-state index in [4.69, 9.17) is 5.11 Å². The zero-order valence-electron chi connectivity index (χ0n) is 12.7. The topological polar surface area (TPSA) is 85.1 Å². The van der Waals surface area contributed by atoms with Crippen molar-refractivity contribution in [3.05, 3.63) is 43.2 Å². The van der Waals surface area contributed by atoms with Gasteiger partial charge in [0.15, 0.2) is 5.69 Å². The van der Waals surface area contributed by atoms with Crippen LogP contribution in [-0.2, 0) is 19.4 Å². The molecule has 120 valence electrons. The fourth-order valence-electron chi connectivity index (χ4n) is 2.52. The highest BCUT2D eigenvalue weighted by atomic mass is 32.1. The minimum Gasteiger partial charge on any atom is -0.476 e.